The quantitative estimate of drug-likeness (QED) is 0.461. The van der Waals surface area contributed by atoms with Gasteiger partial charge in [-0.05, 0) is 18.2 Å². The average Bonchev–Trinajstić information content (AvgIpc) is 3.10. The standard InChI is InChI=1S/C16H17N3O6/c1-18(2)14-6-5-11(19(22)23)8-13(14)16(21)25-10-15(20)17-9-12-4-3-7-24-12/h3-8H,9-10H2,1-2H3,(H,17,20). The number of carbonyl (C=O) groups is 2. The van der Waals surface area contributed by atoms with Gasteiger partial charge in [0, 0.05) is 26.2 Å². The first-order valence-corrected chi connectivity index (χ1v) is 7.30. The molecule has 2 aromatic rings. The number of non-ortho nitro benzene ring substituents is 1. The maximum absolute atomic E-state index is 12.2. The Hall–Kier alpha value is -3.36. The zero-order valence-corrected chi connectivity index (χ0v) is 13.7. The number of ether oxygens (including phenoxy) is 1. The van der Waals surface area contributed by atoms with Crippen LogP contribution < -0.4 is 10.2 Å². The highest BCUT2D eigenvalue weighted by Gasteiger charge is 2.20. The molecule has 0 radical (unpaired) electrons. The molecule has 0 aliphatic carbocycles. The summed E-state index contributed by atoms with van der Waals surface area (Å²) < 4.78 is 10.0. The van der Waals surface area contributed by atoms with Crippen molar-refractivity contribution in [2.45, 2.75) is 6.54 Å². The van der Waals surface area contributed by atoms with E-state index in [-0.39, 0.29) is 17.8 Å². The second kappa shape index (κ2) is 7.95. The molecule has 0 atom stereocenters. The molecule has 1 heterocycles. The molecule has 0 unspecified atom stereocenters. The van der Waals surface area contributed by atoms with E-state index in [4.69, 9.17) is 9.15 Å². The van der Waals surface area contributed by atoms with Gasteiger partial charge in [0.05, 0.1) is 29.0 Å². The predicted octanol–water partition coefficient (Wildman–Crippen LogP) is 1.73. The van der Waals surface area contributed by atoms with Gasteiger partial charge in [-0.15, -0.1) is 0 Å². The third-order valence-corrected chi connectivity index (χ3v) is 3.27. The van der Waals surface area contributed by atoms with Crippen molar-refractivity contribution < 1.29 is 23.7 Å². The van der Waals surface area contributed by atoms with Crippen molar-refractivity contribution in [1.29, 1.82) is 0 Å². The maximum atomic E-state index is 12.2. The van der Waals surface area contributed by atoms with Crippen LogP contribution in [0.5, 0.6) is 0 Å². The lowest BCUT2D eigenvalue weighted by Gasteiger charge is -2.16. The first-order valence-electron chi connectivity index (χ1n) is 7.30. The van der Waals surface area contributed by atoms with Crippen LogP contribution in [0.25, 0.3) is 0 Å². The minimum absolute atomic E-state index is 0.0121. The molecular formula is C16H17N3O6. The van der Waals surface area contributed by atoms with Crippen molar-refractivity contribution in [3.8, 4) is 0 Å². The molecule has 132 valence electrons. The fraction of sp³-hybridized carbons (Fsp3) is 0.250. The van der Waals surface area contributed by atoms with E-state index in [0.717, 1.165) is 6.07 Å². The zero-order chi connectivity index (χ0) is 18.4. The Morgan fingerprint density at radius 2 is 2.08 bits per heavy atom. The molecule has 9 heteroatoms. The van der Waals surface area contributed by atoms with Crippen molar-refractivity contribution in [3.63, 3.8) is 0 Å². The van der Waals surface area contributed by atoms with Crippen LogP contribution in [0.4, 0.5) is 11.4 Å². The first-order chi connectivity index (χ1) is 11.9. The molecule has 0 fully saturated rings. The van der Waals surface area contributed by atoms with Gasteiger partial charge in [0.15, 0.2) is 6.61 Å². The number of amides is 1. The lowest BCUT2D eigenvalue weighted by atomic mass is 10.1. The Balaban J connectivity index is 2.00. The summed E-state index contributed by atoms with van der Waals surface area (Å²) in [6.07, 6.45) is 1.48. The van der Waals surface area contributed by atoms with Gasteiger partial charge in [0.1, 0.15) is 5.76 Å². The van der Waals surface area contributed by atoms with Crippen LogP contribution >= 0.6 is 0 Å². The number of nitro groups is 1. The van der Waals surface area contributed by atoms with Crippen LogP contribution in [0.15, 0.2) is 41.0 Å². The minimum atomic E-state index is -0.819. The normalized spacial score (nSPS) is 10.2. The fourth-order valence-electron chi connectivity index (χ4n) is 2.05. The Labute approximate surface area is 143 Å². The number of nitrogens with zero attached hydrogens (tertiary/aromatic N) is 2. The van der Waals surface area contributed by atoms with Crippen molar-refractivity contribution in [1.82, 2.24) is 5.32 Å². The number of nitro benzene ring substituents is 1. The number of esters is 1. The topological polar surface area (TPSA) is 115 Å². The number of hydrogen-bond acceptors (Lipinski definition) is 7. The van der Waals surface area contributed by atoms with Gasteiger partial charge in [0.2, 0.25) is 0 Å². The first kappa shape index (κ1) is 18.0. The Morgan fingerprint density at radius 3 is 2.68 bits per heavy atom. The van der Waals surface area contributed by atoms with E-state index < -0.39 is 23.4 Å². The summed E-state index contributed by atoms with van der Waals surface area (Å²) in [5.41, 5.74) is 0.226. The van der Waals surface area contributed by atoms with E-state index in [1.165, 1.54) is 18.4 Å². The summed E-state index contributed by atoms with van der Waals surface area (Å²) in [4.78, 5) is 35.8. The third kappa shape index (κ3) is 4.80. The van der Waals surface area contributed by atoms with Crippen molar-refractivity contribution >= 4 is 23.3 Å². The molecule has 1 aromatic heterocycles. The number of anilines is 1. The average molecular weight is 347 g/mol. The van der Waals surface area contributed by atoms with E-state index in [2.05, 4.69) is 5.32 Å². The monoisotopic (exact) mass is 347 g/mol. The van der Waals surface area contributed by atoms with Crippen molar-refractivity contribution in [2.24, 2.45) is 0 Å². The van der Waals surface area contributed by atoms with Crippen LogP contribution in [-0.2, 0) is 16.1 Å². The predicted molar refractivity (Wildman–Crippen MR) is 88.3 cm³/mol. The van der Waals surface area contributed by atoms with E-state index in [1.54, 1.807) is 31.1 Å². The maximum Gasteiger partial charge on any atom is 0.341 e. The van der Waals surface area contributed by atoms with Gasteiger partial charge < -0.3 is 19.4 Å². The SMILES string of the molecule is CN(C)c1ccc([N+](=O)[O-])cc1C(=O)OCC(=O)NCc1ccco1. The molecule has 1 aromatic carbocycles. The summed E-state index contributed by atoms with van der Waals surface area (Å²) in [6, 6.07) is 7.25. The van der Waals surface area contributed by atoms with Gasteiger partial charge in [-0.3, -0.25) is 14.9 Å². The van der Waals surface area contributed by atoms with Crippen LogP contribution in [0.2, 0.25) is 0 Å². The molecule has 1 amide bonds. The number of hydrogen-bond donors (Lipinski definition) is 1. The lowest BCUT2D eigenvalue weighted by Crippen LogP contribution is -2.28. The lowest BCUT2D eigenvalue weighted by molar-refractivity contribution is -0.384. The third-order valence-electron chi connectivity index (χ3n) is 3.27. The van der Waals surface area contributed by atoms with Crippen LogP contribution in [0, 0.1) is 10.1 Å². The summed E-state index contributed by atoms with van der Waals surface area (Å²) in [5.74, 6) is -0.768. The Morgan fingerprint density at radius 1 is 1.32 bits per heavy atom. The number of benzene rings is 1. The number of rotatable bonds is 7. The van der Waals surface area contributed by atoms with Gasteiger partial charge in [-0.2, -0.15) is 0 Å². The largest absolute Gasteiger partial charge is 0.467 e. The highest BCUT2D eigenvalue weighted by molar-refractivity contribution is 5.97. The Kier molecular flexibility index (Phi) is 5.72. The van der Waals surface area contributed by atoms with Gasteiger partial charge >= 0.3 is 5.97 Å². The molecule has 1 N–H and O–H groups in total. The molecule has 0 spiro atoms. The number of furan rings is 1. The molecule has 0 saturated heterocycles. The summed E-state index contributed by atoms with van der Waals surface area (Å²) in [7, 11) is 3.38. The molecule has 2 rings (SSSR count). The molecular weight excluding hydrogens is 330 g/mol. The van der Waals surface area contributed by atoms with E-state index in [9.17, 15) is 19.7 Å². The van der Waals surface area contributed by atoms with Crippen molar-refractivity contribution in [2.75, 3.05) is 25.6 Å². The van der Waals surface area contributed by atoms with E-state index in [1.807, 2.05) is 0 Å². The highest BCUT2D eigenvalue weighted by atomic mass is 16.6. The fourth-order valence-corrected chi connectivity index (χ4v) is 2.05. The van der Waals surface area contributed by atoms with Gasteiger partial charge in [-0.1, -0.05) is 0 Å². The molecule has 0 saturated carbocycles. The minimum Gasteiger partial charge on any atom is -0.467 e. The van der Waals surface area contributed by atoms with E-state index in [0.29, 0.717) is 11.4 Å². The second-order valence-corrected chi connectivity index (χ2v) is 5.29. The number of nitrogens with one attached hydrogen (secondary N) is 1. The zero-order valence-electron chi connectivity index (χ0n) is 13.7. The number of carbonyl (C=O) groups excluding carboxylic acids is 2. The van der Waals surface area contributed by atoms with Crippen LogP contribution in [0.3, 0.4) is 0 Å². The summed E-state index contributed by atoms with van der Waals surface area (Å²) >= 11 is 0. The smallest absolute Gasteiger partial charge is 0.341 e. The molecule has 0 aliphatic heterocycles. The van der Waals surface area contributed by atoms with Gasteiger partial charge in [-0.25, -0.2) is 4.79 Å². The Bertz CT molecular complexity index is 770. The molecule has 0 aliphatic rings. The van der Waals surface area contributed by atoms with E-state index >= 15 is 0 Å². The molecule has 25 heavy (non-hydrogen) atoms. The van der Waals surface area contributed by atoms with Crippen LogP contribution in [0.1, 0.15) is 16.1 Å². The highest BCUT2D eigenvalue weighted by Crippen LogP contribution is 2.24. The van der Waals surface area contributed by atoms with Gasteiger partial charge in [0.25, 0.3) is 11.6 Å². The van der Waals surface area contributed by atoms with Crippen molar-refractivity contribution in [3.05, 3.63) is 58.0 Å². The summed E-state index contributed by atoms with van der Waals surface area (Å²) in [6.45, 7) is -0.335. The molecule has 9 nitrogen and oxygen atoms in total. The summed E-state index contributed by atoms with van der Waals surface area (Å²) in [5, 5.41) is 13.4. The second-order valence-electron chi connectivity index (χ2n) is 5.29. The molecule has 0 bridgehead atoms. The van der Waals surface area contributed by atoms with Crippen LogP contribution in [-0.4, -0.2) is 37.5 Å².